The molecule has 5 heteroatoms. The summed E-state index contributed by atoms with van der Waals surface area (Å²) in [6.45, 7) is 0.982. The number of anilines is 1. The van der Waals surface area contributed by atoms with Gasteiger partial charge in [0.1, 0.15) is 0 Å². The lowest BCUT2D eigenvalue weighted by Gasteiger charge is -2.17. The summed E-state index contributed by atoms with van der Waals surface area (Å²) in [5, 5.41) is 12.0. The van der Waals surface area contributed by atoms with Gasteiger partial charge in [0, 0.05) is 25.2 Å². The molecule has 1 amide bonds. The number of hydrogen-bond donors (Lipinski definition) is 2. The Morgan fingerprint density at radius 1 is 1.56 bits per heavy atom. The van der Waals surface area contributed by atoms with Crippen molar-refractivity contribution >= 4 is 17.6 Å². The largest absolute Gasteiger partial charge is 0.481 e. The summed E-state index contributed by atoms with van der Waals surface area (Å²) < 4.78 is 0. The molecule has 5 nitrogen and oxygen atoms in total. The van der Waals surface area contributed by atoms with Gasteiger partial charge in [-0.05, 0) is 24.7 Å². The Hall–Kier alpha value is -1.88. The average Bonchev–Trinajstić information content (AvgIpc) is 2.72. The highest BCUT2D eigenvalue weighted by Crippen LogP contribution is 2.25. The number of carbonyl (C=O) groups excluding carboxylic acids is 1. The summed E-state index contributed by atoms with van der Waals surface area (Å²) >= 11 is 0. The van der Waals surface area contributed by atoms with Crippen molar-refractivity contribution in [3.8, 4) is 0 Å². The molecule has 1 heterocycles. The predicted octanol–water partition coefficient (Wildman–Crippen LogP) is 0.843. The molecule has 0 aliphatic carbocycles. The highest BCUT2D eigenvalue weighted by Gasteiger charge is 2.34. The van der Waals surface area contributed by atoms with Crippen LogP contribution in [0.3, 0.4) is 0 Å². The second kappa shape index (κ2) is 5.18. The molecule has 0 radical (unpaired) electrons. The van der Waals surface area contributed by atoms with E-state index in [1.807, 2.05) is 31.3 Å². The van der Waals surface area contributed by atoms with Gasteiger partial charge >= 0.3 is 5.97 Å². The van der Waals surface area contributed by atoms with E-state index in [0.29, 0.717) is 0 Å². The second-order valence-electron chi connectivity index (χ2n) is 4.44. The number of hydrogen-bond acceptors (Lipinski definition) is 3. The predicted molar refractivity (Wildman–Crippen MR) is 67.3 cm³/mol. The Morgan fingerprint density at radius 3 is 2.94 bits per heavy atom. The molecule has 1 atom stereocenters. The van der Waals surface area contributed by atoms with Crippen LogP contribution in [0.25, 0.3) is 0 Å². The van der Waals surface area contributed by atoms with Gasteiger partial charge in [0.25, 0.3) is 0 Å². The number of amides is 1. The lowest BCUT2D eigenvalue weighted by molar-refractivity contribution is -0.141. The van der Waals surface area contributed by atoms with Crippen LogP contribution >= 0.6 is 0 Å². The summed E-state index contributed by atoms with van der Waals surface area (Å²) in [5.41, 5.74) is 1.85. The van der Waals surface area contributed by atoms with E-state index in [0.717, 1.165) is 17.8 Å². The third-order valence-electron chi connectivity index (χ3n) is 3.08. The minimum absolute atomic E-state index is 0.0889. The Kier molecular flexibility index (Phi) is 3.62. The van der Waals surface area contributed by atoms with Crippen LogP contribution in [0.4, 0.5) is 5.69 Å². The molecule has 0 aromatic heterocycles. The molecule has 0 saturated carbocycles. The van der Waals surface area contributed by atoms with Crippen molar-refractivity contribution in [2.75, 3.05) is 18.5 Å². The summed E-state index contributed by atoms with van der Waals surface area (Å²) in [4.78, 5) is 24.3. The van der Waals surface area contributed by atoms with E-state index in [1.165, 1.54) is 0 Å². The zero-order chi connectivity index (χ0) is 13.1. The van der Waals surface area contributed by atoms with E-state index in [1.54, 1.807) is 4.90 Å². The van der Waals surface area contributed by atoms with Crippen LogP contribution in [0.5, 0.6) is 0 Å². The Bertz CT molecular complexity index is 473. The van der Waals surface area contributed by atoms with E-state index >= 15 is 0 Å². The number of carboxylic acid groups (broad SMARTS) is 1. The molecule has 2 N–H and O–H groups in total. The van der Waals surface area contributed by atoms with Gasteiger partial charge in [-0.25, -0.2) is 0 Å². The first-order valence-corrected chi connectivity index (χ1v) is 5.88. The minimum atomic E-state index is -0.905. The summed E-state index contributed by atoms with van der Waals surface area (Å²) in [6.07, 6.45) is 0.0889. The third-order valence-corrected chi connectivity index (χ3v) is 3.08. The maximum Gasteiger partial charge on any atom is 0.308 e. The Morgan fingerprint density at radius 2 is 2.33 bits per heavy atom. The van der Waals surface area contributed by atoms with E-state index in [9.17, 15) is 9.59 Å². The van der Waals surface area contributed by atoms with Crippen LogP contribution in [-0.4, -0.2) is 30.6 Å². The van der Waals surface area contributed by atoms with Crippen LogP contribution in [0.2, 0.25) is 0 Å². The fourth-order valence-corrected chi connectivity index (χ4v) is 2.16. The molecule has 1 aromatic rings. The number of carbonyl (C=O) groups is 2. The van der Waals surface area contributed by atoms with Crippen LogP contribution in [0.1, 0.15) is 12.0 Å². The summed E-state index contributed by atoms with van der Waals surface area (Å²) in [7, 11) is 1.86. The van der Waals surface area contributed by atoms with E-state index in [-0.39, 0.29) is 18.9 Å². The Labute approximate surface area is 105 Å². The number of carboxylic acids is 1. The van der Waals surface area contributed by atoms with Crippen molar-refractivity contribution in [1.29, 1.82) is 0 Å². The van der Waals surface area contributed by atoms with Gasteiger partial charge < -0.3 is 15.3 Å². The molecule has 1 aromatic carbocycles. The lowest BCUT2D eigenvalue weighted by atomic mass is 10.1. The molecule has 1 aliphatic heterocycles. The van der Waals surface area contributed by atoms with Gasteiger partial charge in [-0.2, -0.15) is 0 Å². The molecule has 0 bridgehead atoms. The fraction of sp³-hybridized carbons (Fsp3) is 0.385. The summed E-state index contributed by atoms with van der Waals surface area (Å²) in [5.74, 6) is -1.62. The number of nitrogens with zero attached hydrogens (tertiary/aromatic N) is 1. The van der Waals surface area contributed by atoms with Crippen molar-refractivity contribution in [2.24, 2.45) is 5.92 Å². The van der Waals surface area contributed by atoms with E-state index in [2.05, 4.69) is 5.32 Å². The van der Waals surface area contributed by atoms with Gasteiger partial charge in [-0.15, -0.1) is 0 Å². The van der Waals surface area contributed by atoms with Crippen molar-refractivity contribution in [3.05, 3.63) is 29.8 Å². The van der Waals surface area contributed by atoms with E-state index in [4.69, 9.17) is 5.11 Å². The average molecular weight is 248 g/mol. The SMILES string of the molecule is CNCc1cccc(N2CC(C(=O)O)CC2=O)c1. The zero-order valence-corrected chi connectivity index (χ0v) is 10.2. The maximum absolute atomic E-state index is 11.8. The van der Waals surface area contributed by atoms with Crippen LogP contribution in [0.15, 0.2) is 24.3 Å². The first kappa shape index (κ1) is 12.6. The monoisotopic (exact) mass is 248 g/mol. The van der Waals surface area contributed by atoms with Gasteiger partial charge in [0.05, 0.1) is 5.92 Å². The highest BCUT2D eigenvalue weighted by atomic mass is 16.4. The van der Waals surface area contributed by atoms with Crippen LogP contribution in [0, 0.1) is 5.92 Å². The van der Waals surface area contributed by atoms with Gasteiger partial charge in [0.2, 0.25) is 5.91 Å². The van der Waals surface area contributed by atoms with Gasteiger partial charge in [-0.1, -0.05) is 12.1 Å². The van der Waals surface area contributed by atoms with Crippen molar-refractivity contribution in [1.82, 2.24) is 5.32 Å². The normalized spacial score (nSPS) is 19.3. The molecular formula is C13H16N2O3. The quantitative estimate of drug-likeness (QED) is 0.828. The number of nitrogens with one attached hydrogen (secondary N) is 1. The smallest absolute Gasteiger partial charge is 0.308 e. The van der Waals surface area contributed by atoms with Crippen molar-refractivity contribution < 1.29 is 14.7 Å². The first-order valence-electron chi connectivity index (χ1n) is 5.88. The maximum atomic E-state index is 11.8. The topological polar surface area (TPSA) is 69.6 Å². The molecule has 1 saturated heterocycles. The third kappa shape index (κ3) is 2.51. The van der Waals surface area contributed by atoms with Crippen molar-refractivity contribution in [3.63, 3.8) is 0 Å². The number of benzene rings is 1. The molecule has 0 spiro atoms. The first-order chi connectivity index (χ1) is 8.61. The molecule has 18 heavy (non-hydrogen) atoms. The number of rotatable bonds is 4. The second-order valence-corrected chi connectivity index (χ2v) is 4.44. The van der Waals surface area contributed by atoms with Gasteiger partial charge in [-0.3, -0.25) is 9.59 Å². The van der Waals surface area contributed by atoms with Crippen LogP contribution < -0.4 is 10.2 Å². The molecule has 96 valence electrons. The molecule has 1 aliphatic rings. The molecule has 2 rings (SSSR count). The summed E-state index contributed by atoms with van der Waals surface area (Å²) in [6, 6.07) is 7.60. The van der Waals surface area contributed by atoms with Crippen LogP contribution in [-0.2, 0) is 16.1 Å². The van der Waals surface area contributed by atoms with Gasteiger partial charge in [0.15, 0.2) is 0 Å². The number of aliphatic carboxylic acids is 1. The lowest BCUT2D eigenvalue weighted by Crippen LogP contribution is -2.25. The molecule has 1 fully saturated rings. The zero-order valence-electron chi connectivity index (χ0n) is 10.2. The molecule has 1 unspecified atom stereocenters. The highest BCUT2D eigenvalue weighted by molar-refractivity contribution is 5.99. The standard InChI is InChI=1S/C13H16N2O3/c1-14-7-9-3-2-4-11(5-9)15-8-10(13(17)18)6-12(15)16/h2-5,10,14H,6-8H2,1H3,(H,17,18). The minimum Gasteiger partial charge on any atom is -0.481 e. The van der Waals surface area contributed by atoms with Crippen molar-refractivity contribution in [2.45, 2.75) is 13.0 Å². The fourth-order valence-electron chi connectivity index (χ4n) is 2.16. The van der Waals surface area contributed by atoms with E-state index < -0.39 is 11.9 Å². The Balaban J connectivity index is 2.19. The molecular weight excluding hydrogens is 232 g/mol.